The number of imide groups is 1. The number of carbonyl (C=O) groups excluding carboxylic acids is 4. The van der Waals surface area contributed by atoms with Gasteiger partial charge in [0.2, 0.25) is 5.91 Å². The van der Waals surface area contributed by atoms with Gasteiger partial charge in [0.15, 0.2) is 6.04 Å². The maximum absolute atomic E-state index is 13.0. The van der Waals surface area contributed by atoms with Gasteiger partial charge in [-0.15, -0.1) is 0 Å². The van der Waals surface area contributed by atoms with E-state index < -0.39 is 54.5 Å². The lowest BCUT2D eigenvalue weighted by Crippen LogP contribution is -2.77. The largest absolute Gasteiger partial charge is 0.459 e. The van der Waals surface area contributed by atoms with Crippen molar-refractivity contribution in [1.82, 2.24) is 9.80 Å². The van der Waals surface area contributed by atoms with E-state index in [4.69, 9.17) is 4.74 Å². The average Bonchev–Trinajstić information content (AvgIpc) is 3.04. The summed E-state index contributed by atoms with van der Waals surface area (Å²) in [5, 5.41) is 20.2. The second kappa shape index (κ2) is 8.52. The molecule has 0 saturated carbocycles. The zero-order chi connectivity index (χ0) is 23.0. The Balaban J connectivity index is 1.54. The van der Waals surface area contributed by atoms with Gasteiger partial charge in [0.05, 0.1) is 29.9 Å². The molecule has 9 nitrogen and oxygen atoms in total. The normalized spacial score (nSPS) is 21.8. The van der Waals surface area contributed by atoms with Gasteiger partial charge in [-0.1, -0.05) is 42.5 Å². The lowest BCUT2D eigenvalue weighted by molar-refractivity contribution is -0.180. The summed E-state index contributed by atoms with van der Waals surface area (Å²) in [6, 6.07) is 11.4. The van der Waals surface area contributed by atoms with Crippen LogP contribution in [0.5, 0.6) is 0 Å². The Kier molecular flexibility index (Phi) is 5.77. The van der Waals surface area contributed by atoms with Crippen molar-refractivity contribution >= 4 is 23.7 Å². The maximum atomic E-state index is 13.0. The minimum Gasteiger partial charge on any atom is -0.459 e. The minimum atomic E-state index is -1.39. The number of ether oxygens (including phenoxy) is 1. The van der Waals surface area contributed by atoms with Crippen LogP contribution in [0, 0.1) is 0 Å². The number of likely N-dealkylation sites (tertiary alicyclic amines) is 1. The Bertz CT molecular complexity index is 1030. The van der Waals surface area contributed by atoms with Crippen LogP contribution < -0.4 is 0 Å². The minimum absolute atomic E-state index is 0.0590. The molecule has 2 N–H and O–H groups in total. The van der Waals surface area contributed by atoms with Gasteiger partial charge in [0.1, 0.15) is 12.6 Å². The Labute approximate surface area is 183 Å². The number of hydrogen-bond acceptors (Lipinski definition) is 7. The van der Waals surface area contributed by atoms with Crippen LogP contribution in [-0.4, -0.2) is 74.5 Å². The molecule has 2 heterocycles. The van der Waals surface area contributed by atoms with Crippen molar-refractivity contribution in [2.75, 3.05) is 6.61 Å². The molecule has 4 unspecified atom stereocenters. The van der Waals surface area contributed by atoms with E-state index in [1.165, 1.54) is 19.1 Å². The molecule has 1 saturated heterocycles. The van der Waals surface area contributed by atoms with Crippen LogP contribution >= 0.6 is 0 Å². The molecule has 0 radical (unpaired) electrons. The molecule has 32 heavy (non-hydrogen) atoms. The van der Waals surface area contributed by atoms with E-state index in [9.17, 15) is 29.4 Å². The Morgan fingerprint density at radius 1 is 1.00 bits per heavy atom. The van der Waals surface area contributed by atoms with Crippen molar-refractivity contribution in [1.29, 1.82) is 0 Å². The first kappa shape index (κ1) is 21.7. The molecule has 4 rings (SSSR count). The second-order valence-electron chi connectivity index (χ2n) is 7.74. The third kappa shape index (κ3) is 3.45. The van der Waals surface area contributed by atoms with Crippen molar-refractivity contribution in [2.24, 2.45) is 0 Å². The Morgan fingerprint density at radius 3 is 2.09 bits per heavy atom. The van der Waals surface area contributed by atoms with Crippen LogP contribution in [0.1, 0.15) is 33.2 Å². The quantitative estimate of drug-likeness (QED) is 0.363. The zero-order valence-electron chi connectivity index (χ0n) is 17.2. The first-order valence-corrected chi connectivity index (χ1v) is 10.2. The molecule has 2 aromatic carbocycles. The van der Waals surface area contributed by atoms with E-state index in [0.29, 0.717) is 0 Å². The second-order valence-corrected chi connectivity index (χ2v) is 7.74. The van der Waals surface area contributed by atoms with E-state index in [1.54, 1.807) is 36.4 Å². The molecule has 9 heteroatoms. The van der Waals surface area contributed by atoms with Crippen molar-refractivity contribution in [3.63, 3.8) is 0 Å². The highest BCUT2D eigenvalue weighted by molar-refractivity contribution is 6.23. The number of aliphatic hydroxyl groups excluding tert-OH is 2. The third-order valence-electron chi connectivity index (χ3n) is 5.74. The highest BCUT2D eigenvalue weighted by atomic mass is 16.5. The van der Waals surface area contributed by atoms with Crippen LogP contribution in [0.2, 0.25) is 0 Å². The van der Waals surface area contributed by atoms with Crippen molar-refractivity contribution in [3.8, 4) is 0 Å². The van der Waals surface area contributed by atoms with Crippen LogP contribution in [0.25, 0.3) is 0 Å². The topological polar surface area (TPSA) is 124 Å². The highest BCUT2D eigenvalue weighted by Gasteiger charge is 2.59. The molecule has 0 aliphatic carbocycles. The number of esters is 1. The van der Waals surface area contributed by atoms with E-state index in [2.05, 4.69) is 0 Å². The van der Waals surface area contributed by atoms with Gasteiger partial charge in [-0.2, -0.15) is 0 Å². The van der Waals surface area contributed by atoms with E-state index in [-0.39, 0.29) is 17.7 Å². The SMILES string of the molecule is CC(O)C(C(=O)OCc1ccccc1)N1C(=O)C(N2C(=O)c3ccccc3C2=O)C1CO. The number of aliphatic hydroxyl groups is 2. The smallest absolute Gasteiger partial charge is 0.331 e. The lowest BCUT2D eigenvalue weighted by Gasteiger charge is -2.51. The number of hydrogen-bond donors (Lipinski definition) is 2. The van der Waals surface area contributed by atoms with E-state index in [0.717, 1.165) is 15.4 Å². The summed E-state index contributed by atoms with van der Waals surface area (Å²) >= 11 is 0. The van der Waals surface area contributed by atoms with Gasteiger partial charge in [0, 0.05) is 0 Å². The Hall–Kier alpha value is -3.56. The molecule has 2 aliphatic rings. The number of benzene rings is 2. The van der Waals surface area contributed by atoms with Gasteiger partial charge >= 0.3 is 5.97 Å². The van der Waals surface area contributed by atoms with Gasteiger partial charge in [-0.3, -0.25) is 19.3 Å². The van der Waals surface area contributed by atoms with Crippen LogP contribution in [0.15, 0.2) is 54.6 Å². The molecule has 0 aromatic heterocycles. The molecular formula is C23H22N2O7. The molecular weight excluding hydrogens is 416 g/mol. The maximum Gasteiger partial charge on any atom is 0.331 e. The monoisotopic (exact) mass is 438 g/mol. The van der Waals surface area contributed by atoms with Crippen molar-refractivity contribution < 1.29 is 34.1 Å². The predicted molar refractivity (Wildman–Crippen MR) is 110 cm³/mol. The van der Waals surface area contributed by atoms with Gasteiger partial charge in [-0.25, -0.2) is 4.79 Å². The molecule has 2 aliphatic heterocycles. The molecule has 3 amide bonds. The number of β-lactam (4-membered cyclic amide) rings is 1. The zero-order valence-corrected chi connectivity index (χ0v) is 17.2. The number of amides is 3. The average molecular weight is 438 g/mol. The summed E-state index contributed by atoms with van der Waals surface area (Å²) in [6.07, 6.45) is -1.31. The van der Waals surface area contributed by atoms with E-state index in [1.807, 2.05) is 6.07 Å². The van der Waals surface area contributed by atoms with Crippen molar-refractivity contribution in [3.05, 3.63) is 71.3 Å². The molecule has 4 atom stereocenters. The fourth-order valence-electron chi connectivity index (χ4n) is 4.18. The van der Waals surface area contributed by atoms with E-state index >= 15 is 0 Å². The Morgan fingerprint density at radius 2 is 1.56 bits per heavy atom. The number of fused-ring (bicyclic) bond motifs is 1. The summed E-state index contributed by atoms with van der Waals surface area (Å²) < 4.78 is 5.28. The van der Waals surface area contributed by atoms with Crippen LogP contribution in [0.4, 0.5) is 0 Å². The lowest BCUT2D eigenvalue weighted by atomic mass is 9.90. The first-order chi connectivity index (χ1) is 15.4. The van der Waals surface area contributed by atoms with Gasteiger partial charge < -0.3 is 19.8 Å². The highest BCUT2D eigenvalue weighted by Crippen LogP contribution is 2.34. The summed E-state index contributed by atoms with van der Waals surface area (Å²) in [4.78, 5) is 53.1. The predicted octanol–water partition coefficient (Wildman–Crippen LogP) is 0.347. The van der Waals surface area contributed by atoms with Gasteiger partial charge in [-0.05, 0) is 24.6 Å². The molecule has 166 valence electrons. The van der Waals surface area contributed by atoms with Crippen molar-refractivity contribution in [2.45, 2.75) is 37.8 Å². The number of rotatable bonds is 7. The summed E-state index contributed by atoms with van der Waals surface area (Å²) in [5.74, 6) is -2.85. The molecule has 2 aromatic rings. The number of carbonyl (C=O) groups is 4. The summed E-state index contributed by atoms with van der Waals surface area (Å²) in [5.41, 5.74) is 1.08. The first-order valence-electron chi connectivity index (χ1n) is 10.2. The van der Waals surface area contributed by atoms with Gasteiger partial charge in [0.25, 0.3) is 11.8 Å². The van der Waals surface area contributed by atoms with Crippen LogP contribution in [0.3, 0.4) is 0 Å². The van der Waals surface area contributed by atoms with Crippen LogP contribution in [-0.2, 0) is 20.9 Å². The third-order valence-corrected chi connectivity index (χ3v) is 5.74. The molecule has 0 bridgehead atoms. The standard InChI is InChI=1S/C23H22N2O7/c1-13(27)18(23(31)32-12-14-7-3-2-4-8-14)24-17(11-26)19(22(24)30)25-20(28)15-9-5-6-10-16(15)21(25)29/h2-10,13,17-19,26-27H,11-12H2,1H3. The summed E-state index contributed by atoms with van der Waals surface area (Å²) in [6.45, 7) is 0.654. The number of nitrogens with zero attached hydrogens (tertiary/aromatic N) is 2. The summed E-state index contributed by atoms with van der Waals surface area (Å²) in [7, 11) is 0. The molecule has 0 spiro atoms. The fraction of sp³-hybridized carbons (Fsp3) is 0.304. The molecule has 1 fully saturated rings. The fourth-order valence-corrected chi connectivity index (χ4v) is 4.18.